The molecule has 1 rings (SSSR count). The highest BCUT2D eigenvalue weighted by atomic mass is 79.9. The molecule has 3 N–H and O–H groups in total. The SMILES string of the molecule is CC(CN[C@@H](C)c1cccc(Br)c1)C(N)=O. The second kappa shape index (κ2) is 6.01. The Morgan fingerprint density at radius 1 is 1.50 bits per heavy atom. The lowest BCUT2D eigenvalue weighted by Crippen LogP contribution is -2.32. The molecule has 0 radical (unpaired) electrons. The Morgan fingerprint density at radius 3 is 2.75 bits per heavy atom. The van der Waals surface area contributed by atoms with Crippen LogP contribution in [0.4, 0.5) is 0 Å². The van der Waals surface area contributed by atoms with E-state index in [1.54, 1.807) is 0 Å². The first-order valence-corrected chi connectivity index (χ1v) is 6.08. The lowest BCUT2D eigenvalue weighted by Gasteiger charge is -2.16. The normalized spacial score (nSPS) is 14.4. The zero-order valence-electron chi connectivity index (χ0n) is 9.53. The maximum Gasteiger partial charge on any atom is 0.221 e. The largest absolute Gasteiger partial charge is 0.369 e. The van der Waals surface area contributed by atoms with E-state index < -0.39 is 0 Å². The first kappa shape index (κ1) is 13.2. The van der Waals surface area contributed by atoms with Crippen LogP contribution >= 0.6 is 15.9 Å². The Hall–Kier alpha value is -0.870. The van der Waals surface area contributed by atoms with Crippen LogP contribution in [0.25, 0.3) is 0 Å². The zero-order chi connectivity index (χ0) is 12.1. The maximum atomic E-state index is 10.9. The second-order valence-electron chi connectivity index (χ2n) is 3.99. The van der Waals surface area contributed by atoms with Crippen molar-refractivity contribution in [3.8, 4) is 0 Å². The smallest absolute Gasteiger partial charge is 0.221 e. The van der Waals surface area contributed by atoms with Gasteiger partial charge in [-0.05, 0) is 24.6 Å². The molecule has 0 aliphatic rings. The molecule has 1 aromatic carbocycles. The van der Waals surface area contributed by atoms with Gasteiger partial charge in [0.05, 0.1) is 0 Å². The number of benzene rings is 1. The molecule has 0 heterocycles. The van der Waals surface area contributed by atoms with Crippen LogP contribution in [0, 0.1) is 5.92 Å². The number of rotatable bonds is 5. The second-order valence-corrected chi connectivity index (χ2v) is 4.90. The van der Waals surface area contributed by atoms with Crippen LogP contribution in [-0.4, -0.2) is 12.5 Å². The van der Waals surface area contributed by atoms with Crippen molar-refractivity contribution in [3.63, 3.8) is 0 Å². The van der Waals surface area contributed by atoms with Crippen molar-refractivity contribution < 1.29 is 4.79 Å². The third kappa shape index (κ3) is 3.94. The Labute approximate surface area is 105 Å². The minimum atomic E-state index is -0.269. The highest BCUT2D eigenvalue weighted by molar-refractivity contribution is 9.10. The van der Waals surface area contributed by atoms with Crippen LogP contribution in [0.1, 0.15) is 25.5 Å². The van der Waals surface area contributed by atoms with E-state index in [0.29, 0.717) is 6.54 Å². The topological polar surface area (TPSA) is 55.1 Å². The molecule has 0 aliphatic carbocycles. The molecule has 2 atom stereocenters. The van der Waals surface area contributed by atoms with E-state index in [4.69, 9.17) is 5.73 Å². The summed E-state index contributed by atoms with van der Waals surface area (Å²) in [7, 11) is 0. The Kier molecular flexibility index (Phi) is 4.96. The van der Waals surface area contributed by atoms with Gasteiger partial charge in [0.1, 0.15) is 0 Å². The monoisotopic (exact) mass is 284 g/mol. The summed E-state index contributed by atoms with van der Waals surface area (Å²) in [4.78, 5) is 10.9. The number of primary amides is 1. The van der Waals surface area contributed by atoms with Gasteiger partial charge < -0.3 is 11.1 Å². The molecule has 0 saturated carbocycles. The predicted molar refractivity (Wildman–Crippen MR) is 68.9 cm³/mol. The van der Waals surface area contributed by atoms with Crippen molar-refractivity contribution in [2.24, 2.45) is 11.7 Å². The summed E-state index contributed by atoms with van der Waals surface area (Å²) in [5, 5.41) is 3.29. The molecule has 0 bridgehead atoms. The molecule has 88 valence electrons. The van der Waals surface area contributed by atoms with E-state index in [-0.39, 0.29) is 17.9 Å². The number of nitrogens with one attached hydrogen (secondary N) is 1. The molecule has 1 unspecified atom stereocenters. The molecule has 0 spiro atoms. The van der Waals surface area contributed by atoms with Crippen LogP contribution in [0.5, 0.6) is 0 Å². The van der Waals surface area contributed by atoms with E-state index in [9.17, 15) is 4.79 Å². The zero-order valence-corrected chi connectivity index (χ0v) is 11.1. The minimum Gasteiger partial charge on any atom is -0.369 e. The van der Waals surface area contributed by atoms with Gasteiger partial charge in [0, 0.05) is 23.0 Å². The summed E-state index contributed by atoms with van der Waals surface area (Å²) in [6, 6.07) is 8.31. The van der Waals surface area contributed by atoms with Crippen LogP contribution in [0.15, 0.2) is 28.7 Å². The number of carbonyl (C=O) groups excluding carboxylic acids is 1. The maximum absolute atomic E-state index is 10.9. The van der Waals surface area contributed by atoms with Gasteiger partial charge >= 0.3 is 0 Å². The molecular formula is C12H17BrN2O. The third-order valence-corrected chi connectivity index (χ3v) is 3.06. The number of carbonyl (C=O) groups is 1. The van der Waals surface area contributed by atoms with Gasteiger partial charge in [-0.15, -0.1) is 0 Å². The summed E-state index contributed by atoms with van der Waals surface area (Å²) in [5.41, 5.74) is 6.38. The standard InChI is InChI=1S/C12H17BrN2O/c1-8(12(14)16)7-15-9(2)10-4-3-5-11(13)6-10/h3-6,8-9,15H,7H2,1-2H3,(H2,14,16)/t8?,9-/m0/s1. The van der Waals surface area contributed by atoms with Gasteiger partial charge in [0.15, 0.2) is 0 Å². The van der Waals surface area contributed by atoms with Gasteiger partial charge in [-0.2, -0.15) is 0 Å². The first-order chi connectivity index (χ1) is 7.50. The lowest BCUT2D eigenvalue weighted by atomic mass is 10.1. The van der Waals surface area contributed by atoms with Crippen molar-refractivity contribution in [2.75, 3.05) is 6.54 Å². The number of nitrogens with two attached hydrogens (primary N) is 1. The van der Waals surface area contributed by atoms with Crippen LogP contribution in [0.3, 0.4) is 0 Å². The molecule has 0 aromatic heterocycles. The average Bonchev–Trinajstić information content (AvgIpc) is 2.25. The Morgan fingerprint density at radius 2 is 2.19 bits per heavy atom. The fraction of sp³-hybridized carbons (Fsp3) is 0.417. The van der Waals surface area contributed by atoms with E-state index in [0.717, 1.165) is 4.47 Å². The summed E-state index contributed by atoms with van der Waals surface area (Å²) < 4.78 is 1.06. The first-order valence-electron chi connectivity index (χ1n) is 5.29. The molecule has 0 fully saturated rings. The number of amides is 1. The molecule has 0 aliphatic heterocycles. The van der Waals surface area contributed by atoms with Crippen molar-refractivity contribution in [2.45, 2.75) is 19.9 Å². The highest BCUT2D eigenvalue weighted by Gasteiger charge is 2.11. The Bertz CT molecular complexity index is 368. The van der Waals surface area contributed by atoms with Crippen LogP contribution in [0.2, 0.25) is 0 Å². The molecule has 1 aromatic rings. The quantitative estimate of drug-likeness (QED) is 0.871. The van der Waals surface area contributed by atoms with Crippen molar-refractivity contribution >= 4 is 21.8 Å². The predicted octanol–water partition coefficient (Wildman–Crippen LogP) is 2.22. The highest BCUT2D eigenvalue weighted by Crippen LogP contribution is 2.17. The number of hydrogen-bond acceptors (Lipinski definition) is 2. The molecule has 0 saturated heterocycles. The van der Waals surface area contributed by atoms with Gasteiger partial charge in [0.2, 0.25) is 5.91 Å². The summed E-state index contributed by atoms with van der Waals surface area (Å²) in [6.07, 6.45) is 0. The van der Waals surface area contributed by atoms with Gasteiger partial charge in [-0.3, -0.25) is 4.79 Å². The van der Waals surface area contributed by atoms with E-state index in [2.05, 4.69) is 40.3 Å². The van der Waals surface area contributed by atoms with Crippen molar-refractivity contribution in [3.05, 3.63) is 34.3 Å². The van der Waals surface area contributed by atoms with Gasteiger partial charge in [0.25, 0.3) is 0 Å². The molecule has 3 nitrogen and oxygen atoms in total. The minimum absolute atomic E-state index is 0.144. The van der Waals surface area contributed by atoms with Crippen LogP contribution in [-0.2, 0) is 4.79 Å². The summed E-state index contributed by atoms with van der Waals surface area (Å²) >= 11 is 3.43. The van der Waals surface area contributed by atoms with Gasteiger partial charge in [-0.1, -0.05) is 35.0 Å². The third-order valence-electron chi connectivity index (χ3n) is 2.56. The molecule has 16 heavy (non-hydrogen) atoms. The summed E-state index contributed by atoms with van der Waals surface area (Å²) in [5.74, 6) is -0.413. The number of halogens is 1. The molecular weight excluding hydrogens is 268 g/mol. The lowest BCUT2D eigenvalue weighted by molar-refractivity contribution is -0.121. The van der Waals surface area contributed by atoms with Crippen molar-refractivity contribution in [1.29, 1.82) is 0 Å². The fourth-order valence-corrected chi connectivity index (χ4v) is 1.76. The Balaban J connectivity index is 2.52. The molecule has 4 heteroatoms. The van der Waals surface area contributed by atoms with Crippen molar-refractivity contribution in [1.82, 2.24) is 5.32 Å². The van der Waals surface area contributed by atoms with E-state index in [1.165, 1.54) is 5.56 Å². The van der Waals surface area contributed by atoms with Gasteiger partial charge in [-0.25, -0.2) is 0 Å². The fourth-order valence-electron chi connectivity index (χ4n) is 1.35. The van der Waals surface area contributed by atoms with Crippen LogP contribution < -0.4 is 11.1 Å². The summed E-state index contributed by atoms with van der Waals surface area (Å²) in [6.45, 7) is 4.49. The number of hydrogen-bond donors (Lipinski definition) is 2. The van der Waals surface area contributed by atoms with E-state index >= 15 is 0 Å². The van der Waals surface area contributed by atoms with E-state index in [1.807, 2.05) is 19.1 Å². The molecule has 1 amide bonds. The average molecular weight is 285 g/mol.